The van der Waals surface area contributed by atoms with E-state index in [9.17, 15) is 9.18 Å². The van der Waals surface area contributed by atoms with Gasteiger partial charge in [-0.3, -0.25) is 4.79 Å². The largest absolute Gasteiger partial charge is 0.469 e. The van der Waals surface area contributed by atoms with Crippen molar-refractivity contribution in [3.63, 3.8) is 0 Å². The van der Waals surface area contributed by atoms with Gasteiger partial charge in [0.15, 0.2) is 0 Å². The normalized spacial score (nSPS) is 9.76. The summed E-state index contributed by atoms with van der Waals surface area (Å²) in [6, 6.07) is 6.03. The van der Waals surface area contributed by atoms with Crippen molar-refractivity contribution in [3.8, 4) is 0 Å². The number of halogens is 1. The second-order valence-electron chi connectivity index (χ2n) is 3.10. The van der Waals surface area contributed by atoms with Gasteiger partial charge in [0.25, 0.3) is 0 Å². The molecule has 0 aliphatic rings. The maximum absolute atomic E-state index is 12.9. The molecule has 0 aliphatic heterocycles. The number of anilines is 1. The van der Waals surface area contributed by atoms with Crippen LogP contribution in [0.5, 0.6) is 0 Å². The van der Waals surface area contributed by atoms with Crippen molar-refractivity contribution < 1.29 is 13.9 Å². The van der Waals surface area contributed by atoms with Crippen LogP contribution in [0.4, 0.5) is 10.1 Å². The molecule has 0 aliphatic carbocycles. The molecule has 0 fully saturated rings. The van der Waals surface area contributed by atoms with Gasteiger partial charge >= 0.3 is 5.97 Å². The molecule has 0 atom stereocenters. The Morgan fingerprint density at radius 2 is 2.35 bits per heavy atom. The first-order chi connectivity index (χ1) is 8.11. The second kappa shape index (κ2) is 7.24. The molecule has 1 rings (SSSR count). The van der Waals surface area contributed by atoms with Crippen LogP contribution in [0.1, 0.15) is 6.42 Å². The average Bonchev–Trinajstić information content (AvgIpc) is 2.28. The molecule has 92 valence electrons. The summed E-state index contributed by atoms with van der Waals surface area (Å²) in [7, 11) is 1.34. The highest BCUT2D eigenvalue weighted by Gasteiger charge is 2.03. The van der Waals surface area contributed by atoms with Crippen molar-refractivity contribution in [3.05, 3.63) is 30.1 Å². The minimum Gasteiger partial charge on any atom is -0.469 e. The van der Waals surface area contributed by atoms with Crippen molar-refractivity contribution in [1.29, 1.82) is 0 Å². The maximum Gasteiger partial charge on any atom is 0.306 e. The number of hydrogen-bond donors (Lipinski definition) is 1. The highest BCUT2D eigenvalue weighted by Crippen LogP contribution is 2.14. The molecule has 0 heterocycles. The zero-order valence-electron chi connectivity index (χ0n) is 9.23. The fourth-order valence-corrected chi connectivity index (χ4v) is 2.06. The van der Waals surface area contributed by atoms with Gasteiger partial charge < -0.3 is 10.1 Å². The van der Waals surface area contributed by atoms with Gasteiger partial charge in [-0.15, -0.1) is 0 Å². The smallest absolute Gasteiger partial charge is 0.306 e. The summed E-state index contributed by atoms with van der Waals surface area (Å²) in [5, 5.41) is 2.88. The Hall–Kier alpha value is -1.14. The molecule has 0 saturated carbocycles. The number of thioether (sulfide) groups is 1. The molecule has 0 radical (unpaired) electrons. The summed E-state index contributed by atoms with van der Waals surface area (Å²) in [5.41, 5.74) is 0.598. The van der Waals surface area contributed by atoms with E-state index in [1.807, 2.05) is 0 Å². The topological polar surface area (TPSA) is 38.3 Å². The molecule has 17 heavy (non-hydrogen) atoms. The van der Waals surface area contributed by atoms with Gasteiger partial charge in [0.2, 0.25) is 0 Å². The summed E-state index contributed by atoms with van der Waals surface area (Å²) in [6.07, 6.45) is 0.298. The molecule has 3 nitrogen and oxygen atoms in total. The third kappa shape index (κ3) is 5.65. The van der Waals surface area contributed by atoms with E-state index in [4.69, 9.17) is 12.2 Å². The molecule has 0 spiro atoms. The first-order valence-corrected chi connectivity index (χ1v) is 6.27. The Bertz CT molecular complexity index is 412. The minimum atomic E-state index is -0.322. The Labute approximate surface area is 109 Å². The van der Waals surface area contributed by atoms with Crippen molar-refractivity contribution >= 4 is 40.0 Å². The zero-order chi connectivity index (χ0) is 12.7. The predicted molar refractivity (Wildman–Crippen MR) is 71.7 cm³/mol. The molecule has 0 amide bonds. The number of carbonyl (C=O) groups excluding carboxylic acids is 1. The lowest BCUT2D eigenvalue weighted by Gasteiger charge is -2.06. The quantitative estimate of drug-likeness (QED) is 0.674. The molecule has 0 unspecified atom stereocenters. The SMILES string of the molecule is COC(=O)CCSC(=S)Nc1cccc(F)c1. The van der Waals surface area contributed by atoms with E-state index in [1.54, 1.807) is 12.1 Å². The van der Waals surface area contributed by atoms with Gasteiger partial charge in [-0.05, 0) is 18.2 Å². The Morgan fingerprint density at radius 1 is 1.59 bits per heavy atom. The van der Waals surface area contributed by atoms with Crippen LogP contribution in [0.2, 0.25) is 0 Å². The standard InChI is InChI=1S/C11H12FNO2S2/c1-15-10(14)5-6-17-11(16)13-9-4-2-3-8(12)7-9/h2-4,7H,5-6H2,1H3,(H,13,16). The van der Waals surface area contributed by atoms with E-state index >= 15 is 0 Å². The number of benzene rings is 1. The van der Waals surface area contributed by atoms with Crippen LogP contribution in [-0.2, 0) is 9.53 Å². The summed E-state index contributed by atoms with van der Waals surface area (Å²) < 4.78 is 17.9. The lowest BCUT2D eigenvalue weighted by atomic mass is 10.3. The van der Waals surface area contributed by atoms with E-state index in [0.717, 1.165) is 0 Å². The molecule has 1 aromatic rings. The van der Waals surface area contributed by atoms with Gasteiger partial charge in [0.05, 0.1) is 13.5 Å². The Morgan fingerprint density at radius 3 is 3.00 bits per heavy atom. The molecule has 0 saturated heterocycles. The number of hydrogen-bond acceptors (Lipinski definition) is 4. The number of esters is 1. The van der Waals surface area contributed by atoms with Gasteiger partial charge in [0.1, 0.15) is 10.1 Å². The molecular formula is C11H12FNO2S2. The molecule has 0 bridgehead atoms. The zero-order valence-corrected chi connectivity index (χ0v) is 10.9. The van der Waals surface area contributed by atoms with Crippen LogP contribution >= 0.6 is 24.0 Å². The number of carbonyl (C=O) groups is 1. The average molecular weight is 273 g/mol. The highest BCUT2D eigenvalue weighted by molar-refractivity contribution is 8.23. The molecule has 6 heteroatoms. The summed E-state index contributed by atoms with van der Waals surface area (Å²) >= 11 is 6.36. The van der Waals surface area contributed by atoms with Gasteiger partial charge in [0, 0.05) is 11.4 Å². The lowest BCUT2D eigenvalue weighted by molar-refractivity contribution is -0.140. The number of ether oxygens (including phenoxy) is 1. The van der Waals surface area contributed by atoms with E-state index in [0.29, 0.717) is 22.2 Å². The Balaban J connectivity index is 2.32. The maximum atomic E-state index is 12.9. The molecule has 1 aromatic carbocycles. The van der Waals surface area contributed by atoms with Crippen molar-refractivity contribution in [2.45, 2.75) is 6.42 Å². The number of rotatable bonds is 4. The minimum absolute atomic E-state index is 0.272. The monoisotopic (exact) mass is 273 g/mol. The van der Waals surface area contributed by atoms with E-state index < -0.39 is 0 Å². The van der Waals surface area contributed by atoms with Crippen LogP contribution in [0, 0.1) is 5.82 Å². The first kappa shape index (κ1) is 13.9. The van der Waals surface area contributed by atoms with Gasteiger partial charge in [-0.25, -0.2) is 4.39 Å². The van der Waals surface area contributed by atoms with E-state index in [-0.39, 0.29) is 11.8 Å². The third-order valence-electron chi connectivity index (χ3n) is 1.84. The predicted octanol–water partition coefficient (Wildman–Crippen LogP) is 2.82. The van der Waals surface area contributed by atoms with Crippen LogP contribution in [0.25, 0.3) is 0 Å². The number of methoxy groups -OCH3 is 1. The van der Waals surface area contributed by atoms with Crippen molar-refractivity contribution in [2.24, 2.45) is 0 Å². The third-order valence-corrected chi connectivity index (χ3v) is 3.07. The van der Waals surface area contributed by atoms with Crippen LogP contribution in [0.15, 0.2) is 24.3 Å². The van der Waals surface area contributed by atoms with Crippen LogP contribution in [-0.4, -0.2) is 23.2 Å². The van der Waals surface area contributed by atoms with Crippen LogP contribution < -0.4 is 5.32 Å². The van der Waals surface area contributed by atoms with Crippen LogP contribution in [0.3, 0.4) is 0 Å². The summed E-state index contributed by atoms with van der Waals surface area (Å²) in [6.45, 7) is 0. The van der Waals surface area contributed by atoms with E-state index in [1.165, 1.54) is 31.0 Å². The molecular weight excluding hydrogens is 261 g/mol. The second-order valence-corrected chi connectivity index (χ2v) is 4.87. The first-order valence-electron chi connectivity index (χ1n) is 4.88. The highest BCUT2D eigenvalue weighted by atomic mass is 32.2. The summed E-state index contributed by atoms with van der Waals surface area (Å²) in [4.78, 5) is 10.8. The fraction of sp³-hybridized carbons (Fsp3) is 0.273. The molecule has 0 aromatic heterocycles. The molecule has 1 N–H and O–H groups in total. The van der Waals surface area contributed by atoms with Gasteiger partial charge in [-0.1, -0.05) is 30.0 Å². The number of thiocarbonyl (C=S) groups is 1. The summed E-state index contributed by atoms with van der Waals surface area (Å²) in [5.74, 6) is -0.0585. The fourth-order valence-electron chi connectivity index (χ4n) is 1.05. The Kier molecular flexibility index (Phi) is 5.93. The van der Waals surface area contributed by atoms with Crippen molar-refractivity contribution in [1.82, 2.24) is 0 Å². The van der Waals surface area contributed by atoms with Gasteiger partial charge in [-0.2, -0.15) is 0 Å². The van der Waals surface area contributed by atoms with Crippen molar-refractivity contribution in [2.75, 3.05) is 18.2 Å². The van der Waals surface area contributed by atoms with E-state index in [2.05, 4.69) is 10.1 Å². The lowest BCUT2D eigenvalue weighted by Crippen LogP contribution is -2.08. The number of nitrogens with one attached hydrogen (secondary N) is 1.